The van der Waals surface area contributed by atoms with E-state index in [0.717, 1.165) is 18.4 Å². The van der Waals surface area contributed by atoms with Gasteiger partial charge in [0.05, 0.1) is 0 Å². The Kier molecular flexibility index (Phi) is 1.66. The first-order valence-corrected chi connectivity index (χ1v) is 5.20. The zero-order valence-electron chi connectivity index (χ0n) is 7.74. The van der Waals surface area contributed by atoms with Crippen LogP contribution in [0.5, 0.6) is 0 Å². The van der Waals surface area contributed by atoms with Crippen LogP contribution in [0.1, 0.15) is 6.42 Å². The maximum absolute atomic E-state index is 3.46. The van der Waals surface area contributed by atoms with E-state index in [1.165, 1.54) is 13.0 Å². The number of hydrogen-bond acceptors (Lipinski definition) is 1. The highest BCUT2D eigenvalue weighted by atomic mass is 14.9. The molecule has 0 spiro atoms. The molecule has 0 bridgehead atoms. The largest absolute Gasteiger partial charge is 0.312 e. The first kappa shape index (κ1) is 7.57. The van der Waals surface area contributed by atoms with E-state index in [0.29, 0.717) is 5.92 Å². The molecule has 0 radical (unpaired) electrons. The van der Waals surface area contributed by atoms with Gasteiger partial charge in [-0.05, 0) is 18.3 Å². The Morgan fingerprint density at radius 1 is 1.23 bits per heavy atom. The highest BCUT2D eigenvalue weighted by Crippen LogP contribution is 2.37. The summed E-state index contributed by atoms with van der Waals surface area (Å²) in [6, 6.07) is 0. The molecule has 2 aliphatic carbocycles. The Balaban J connectivity index is 1.93. The molecule has 3 atom stereocenters. The van der Waals surface area contributed by atoms with Crippen LogP contribution < -0.4 is 5.32 Å². The maximum Gasteiger partial charge on any atom is 0.0168 e. The van der Waals surface area contributed by atoms with Gasteiger partial charge in [-0.15, -0.1) is 0 Å². The van der Waals surface area contributed by atoms with Crippen LogP contribution in [-0.4, -0.2) is 13.1 Å². The van der Waals surface area contributed by atoms with Crippen molar-refractivity contribution in [3.8, 4) is 0 Å². The van der Waals surface area contributed by atoms with E-state index in [9.17, 15) is 0 Å². The lowest BCUT2D eigenvalue weighted by molar-refractivity contribution is 0.409. The summed E-state index contributed by atoms with van der Waals surface area (Å²) in [6.45, 7) is 2.33. The molecule has 0 aromatic carbocycles. The third kappa shape index (κ3) is 1.19. The van der Waals surface area contributed by atoms with Gasteiger partial charge in [-0.3, -0.25) is 0 Å². The molecule has 0 saturated carbocycles. The van der Waals surface area contributed by atoms with Crippen LogP contribution in [0, 0.1) is 17.8 Å². The van der Waals surface area contributed by atoms with Gasteiger partial charge >= 0.3 is 0 Å². The number of hydrogen-bond donors (Lipinski definition) is 1. The molecule has 3 aliphatic rings. The van der Waals surface area contributed by atoms with Gasteiger partial charge < -0.3 is 5.32 Å². The first-order valence-electron chi connectivity index (χ1n) is 5.20. The van der Waals surface area contributed by atoms with E-state index in [4.69, 9.17) is 0 Å². The van der Waals surface area contributed by atoms with Crippen LogP contribution in [0.15, 0.2) is 36.0 Å². The molecular formula is C12H15N. The highest BCUT2D eigenvalue weighted by Gasteiger charge is 2.31. The van der Waals surface area contributed by atoms with Gasteiger partial charge in [0.15, 0.2) is 0 Å². The third-order valence-corrected chi connectivity index (χ3v) is 3.50. The minimum Gasteiger partial charge on any atom is -0.312 e. The maximum atomic E-state index is 3.46. The van der Waals surface area contributed by atoms with Crippen molar-refractivity contribution >= 4 is 0 Å². The normalized spacial score (nSPS) is 41.2. The Labute approximate surface area is 79.2 Å². The van der Waals surface area contributed by atoms with Crippen molar-refractivity contribution in [2.24, 2.45) is 17.8 Å². The van der Waals surface area contributed by atoms with E-state index in [2.05, 4.69) is 35.7 Å². The second kappa shape index (κ2) is 2.85. The molecule has 1 heteroatoms. The van der Waals surface area contributed by atoms with Gasteiger partial charge in [0.1, 0.15) is 0 Å². The summed E-state index contributed by atoms with van der Waals surface area (Å²) in [4.78, 5) is 0. The van der Waals surface area contributed by atoms with Crippen LogP contribution in [0.3, 0.4) is 0 Å². The monoisotopic (exact) mass is 173 g/mol. The van der Waals surface area contributed by atoms with Crippen molar-refractivity contribution in [1.29, 1.82) is 0 Å². The van der Waals surface area contributed by atoms with Crippen LogP contribution in [0.2, 0.25) is 0 Å². The molecule has 1 N–H and O–H groups in total. The number of allylic oxidation sites excluding steroid dienone is 5. The van der Waals surface area contributed by atoms with Crippen LogP contribution in [0.4, 0.5) is 0 Å². The van der Waals surface area contributed by atoms with Crippen molar-refractivity contribution in [3.05, 3.63) is 36.0 Å². The van der Waals surface area contributed by atoms with Gasteiger partial charge in [0.25, 0.3) is 0 Å². The molecule has 0 aromatic rings. The zero-order chi connectivity index (χ0) is 8.67. The van der Waals surface area contributed by atoms with Crippen LogP contribution in [-0.2, 0) is 0 Å². The first-order chi connectivity index (χ1) is 6.43. The Morgan fingerprint density at radius 2 is 2.15 bits per heavy atom. The lowest BCUT2D eigenvalue weighted by Crippen LogP contribution is -2.22. The van der Waals surface area contributed by atoms with Crippen molar-refractivity contribution < 1.29 is 0 Å². The average Bonchev–Trinajstić information content (AvgIpc) is 2.61. The fourth-order valence-corrected chi connectivity index (χ4v) is 2.76. The Bertz CT molecular complexity index is 298. The molecule has 1 heterocycles. The molecule has 68 valence electrons. The number of nitrogens with one attached hydrogen (secondary N) is 1. The smallest absolute Gasteiger partial charge is 0.0168 e. The second-order valence-electron chi connectivity index (χ2n) is 4.32. The predicted molar refractivity (Wildman–Crippen MR) is 54.3 cm³/mol. The summed E-state index contributed by atoms with van der Waals surface area (Å²) >= 11 is 0. The van der Waals surface area contributed by atoms with E-state index >= 15 is 0 Å². The highest BCUT2D eigenvalue weighted by molar-refractivity contribution is 5.28. The molecule has 1 fully saturated rings. The molecule has 13 heavy (non-hydrogen) atoms. The lowest BCUT2D eigenvalue weighted by Gasteiger charge is -2.30. The summed E-state index contributed by atoms with van der Waals surface area (Å²) < 4.78 is 0. The predicted octanol–water partition coefficient (Wildman–Crippen LogP) is 1.89. The summed E-state index contributed by atoms with van der Waals surface area (Å²) in [6.07, 6.45) is 12.9. The fourth-order valence-electron chi connectivity index (χ4n) is 2.76. The van der Waals surface area contributed by atoms with Gasteiger partial charge in [-0.25, -0.2) is 0 Å². The van der Waals surface area contributed by atoms with E-state index in [1.54, 1.807) is 5.57 Å². The summed E-state index contributed by atoms with van der Waals surface area (Å²) in [5, 5.41) is 3.46. The number of fused-ring (bicyclic) bond motifs is 2. The van der Waals surface area contributed by atoms with Crippen molar-refractivity contribution in [2.45, 2.75) is 6.42 Å². The molecule has 1 saturated heterocycles. The molecule has 1 aliphatic heterocycles. The minimum atomic E-state index is 0.691. The Morgan fingerprint density at radius 3 is 3.15 bits per heavy atom. The van der Waals surface area contributed by atoms with Gasteiger partial charge in [-0.2, -0.15) is 0 Å². The Hall–Kier alpha value is -0.820. The third-order valence-electron chi connectivity index (χ3n) is 3.50. The molecule has 3 unspecified atom stereocenters. The molecular weight excluding hydrogens is 158 g/mol. The molecule has 3 rings (SSSR count). The van der Waals surface area contributed by atoms with Crippen molar-refractivity contribution in [1.82, 2.24) is 5.32 Å². The van der Waals surface area contributed by atoms with E-state index < -0.39 is 0 Å². The topological polar surface area (TPSA) is 12.0 Å². The van der Waals surface area contributed by atoms with Crippen molar-refractivity contribution in [3.63, 3.8) is 0 Å². The second-order valence-corrected chi connectivity index (χ2v) is 4.32. The molecule has 1 nitrogen and oxygen atoms in total. The molecule has 0 amide bonds. The quantitative estimate of drug-likeness (QED) is 0.552. The minimum absolute atomic E-state index is 0.691. The van der Waals surface area contributed by atoms with Crippen LogP contribution >= 0.6 is 0 Å². The number of rotatable bonds is 0. The SMILES string of the molecule is C1=CC2C=C3CNCC3CC2C=C1. The summed E-state index contributed by atoms with van der Waals surface area (Å²) in [7, 11) is 0. The van der Waals surface area contributed by atoms with Gasteiger partial charge in [0.2, 0.25) is 0 Å². The lowest BCUT2D eigenvalue weighted by atomic mass is 9.74. The van der Waals surface area contributed by atoms with E-state index in [1.807, 2.05) is 0 Å². The zero-order valence-corrected chi connectivity index (χ0v) is 7.74. The van der Waals surface area contributed by atoms with Crippen LogP contribution in [0.25, 0.3) is 0 Å². The fraction of sp³-hybridized carbons (Fsp3) is 0.500. The van der Waals surface area contributed by atoms with E-state index in [-0.39, 0.29) is 0 Å². The van der Waals surface area contributed by atoms with Gasteiger partial charge in [0, 0.05) is 19.0 Å². The van der Waals surface area contributed by atoms with Crippen molar-refractivity contribution in [2.75, 3.05) is 13.1 Å². The molecule has 0 aromatic heterocycles. The summed E-state index contributed by atoms with van der Waals surface area (Å²) in [5.41, 5.74) is 1.65. The standard InChI is InChI=1S/C12H15N/c1-2-4-10-6-12-8-13-7-11(12)5-9(10)3-1/h1-5,9-10,12-13H,6-8H2. The summed E-state index contributed by atoms with van der Waals surface area (Å²) in [5.74, 6) is 2.30. The van der Waals surface area contributed by atoms with Gasteiger partial charge in [-0.1, -0.05) is 36.0 Å². The average molecular weight is 173 g/mol.